The zero-order valence-corrected chi connectivity index (χ0v) is 13.4. The van der Waals surface area contributed by atoms with E-state index in [1.807, 2.05) is 13.0 Å². The number of pyridine rings is 1. The minimum Gasteiger partial charge on any atom is -0.494 e. The predicted octanol–water partition coefficient (Wildman–Crippen LogP) is 2.30. The molecule has 0 saturated carbocycles. The average Bonchev–Trinajstić information content (AvgIpc) is 2.54. The monoisotopic (exact) mass is 331 g/mol. The summed E-state index contributed by atoms with van der Waals surface area (Å²) in [6, 6.07) is 9.21. The lowest BCUT2D eigenvalue weighted by molar-refractivity contribution is -0.116. The zero-order valence-electron chi connectivity index (χ0n) is 13.4. The van der Waals surface area contributed by atoms with Gasteiger partial charge < -0.3 is 15.4 Å². The van der Waals surface area contributed by atoms with E-state index >= 15 is 0 Å². The topological polar surface area (TPSA) is 80.3 Å². The molecule has 0 atom stereocenters. The number of halogens is 1. The summed E-state index contributed by atoms with van der Waals surface area (Å²) in [5.41, 5.74) is 0.955. The SMILES string of the molecule is COc1ccc(C(=O)NCCC(=O)Nc2cccc(C)n2)cc1F. The van der Waals surface area contributed by atoms with E-state index in [4.69, 9.17) is 4.74 Å². The Hall–Kier alpha value is -2.96. The summed E-state index contributed by atoms with van der Waals surface area (Å²) in [5, 5.41) is 5.21. The molecular formula is C17H18FN3O3. The van der Waals surface area contributed by atoms with Crippen LogP contribution in [0.4, 0.5) is 10.2 Å². The van der Waals surface area contributed by atoms with Gasteiger partial charge in [0.1, 0.15) is 5.82 Å². The molecule has 0 fully saturated rings. The van der Waals surface area contributed by atoms with Crippen molar-refractivity contribution in [2.75, 3.05) is 19.0 Å². The van der Waals surface area contributed by atoms with Crippen LogP contribution in [0.5, 0.6) is 5.75 Å². The Kier molecular flexibility index (Phi) is 5.83. The highest BCUT2D eigenvalue weighted by atomic mass is 19.1. The molecule has 1 aromatic carbocycles. The van der Waals surface area contributed by atoms with Crippen LogP contribution in [0.25, 0.3) is 0 Å². The number of methoxy groups -OCH3 is 1. The van der Waals surface area contributed by atoms with Gasteiger partial charge in [-0.05, 0) is 37.3 Å². The smallest absolute Gasteiger partial charge is 0.251 e. The molecular weight excluding hydrogens is 313 g/mol. The Balaban J connectivity index is 1.82. The number of benzene rings is 1. The van der Waals surface area contributed by atoms with Gasteiger partial charge in [0.15, 0.2) is 11.6 Å². The molecule has 2 rings (SSSR count). The van der Waals surface area contributed by atoms with Crippen molar-refractivity contribution in [3.05, 3.63) is 53.5 Å². The maximum absolute atomic E-state index is 13.6. The fourth-order valence-corrected chi connectivity index (χ4v) is 2.02. The number of anilines is 1. The van der Waals surface area contributed by atoms with Crippen molar-refractivity contribution in [3.8, 4) is 5.75 Å². The van der Waals surface area contributed by atoms with Crippen LogP contribution in [0.15, 0.2) is 36.4 Å². The molecule has 1 heterocycles. The third-order valence-corrected chi connectivity index (χ3v) is 3.21. The molecule has 0 bridgehead atoms. The van der Waals surface area contributed by atoms with E-state index < -0.39 is 11.7 Å². The molecule has 126 valence electrons. The summed E-state index contributed by atoms with van der Waals surface area (Å²) in [6.45, 7) is 1.95. The van der Waals surface area contributed by atoms with Gasteiger partial charge >= 0.3 is 0 Å². The first-order valence-corrected chi connectivity index (χ1v) is 7.35. The molecule has 0 radical (unpaired) electrons. The Morgan fingerprint density at radius 3 is 2.71 bits per heavy atom. The predicted molar refractivity (Wildman–Crippen MR) is 87.5 cm³/mol. The highest BCUT2D eigenvalue weighted by Crippen LogP contribution is 2.17. The van der Waals surface area contributed by atoms with Gasteiger partial charge in [0.25, 0.3) is 5.91 Å². The number of carbonyl (C=O) groups is 2. The van der Waals surface area contributed by atoms with E-state index in [9.17, 15) is 14.0 Å². The summed E-state index contributed by atoms with van der Waals surface area (Å²) in [7, 11) is 1.35. The van der Waals surface area contributed by atoms with Gasteiger partial charge in [-0.15, -0.1) is 0 Å². The normalized spacial score (nSPS) is 10.1. The van der Waals surface area contributed by atoms with Crippen LogP contribution in [0, 0.1) is 12.7 Å². The summed E-state index contributed by atoms with van der Waals surface area (Å²) in [4.78, 5) is 27.9. The lowest BCUT2D eigenvalue weighted by Crippen LogP contribution is -2.27. The van der Waals surface area contributed by atoms with Crippen LogP contribution in [0.2, 0.25) is 0 Å². The molecule has 0 aliphatic rings. The summed E-state index contributed by atoms with van der Waals surface area (Å²) >= 11 is 0. The summed E-state index contributed by atoms with van der Waals surface area (Å²) < 4.78 is 18.4. The minimum absolute atomic E-state index is 0.0663. The average molecular weight is 331 g/mol. The van der Waals surface area contributed by atoms with Crippen molar-refractivity contribution in [2.24, 2.45) is 0 Å². The Morgan fingerprint density at radius 2 is 2.04 bits per heavy atom. The fraction of sp³-hybridized carbons (Fsp3) is 0.235. The molecule has 0 spiro atoms. The number of hydrogen-bond donors (Lipinski definition) is 2. The number of carbonyl (C=O) groups excluding carboxylic acids is 2. The van der Waals surface area contributed by atoms with Crippen molar-refractivity contribution in [2.45, 2.75) is 13.3 Å². The van der Waals surface area contributed by atoms with Gasteiger partial charge in [-0.25, -0.2) is 9.37 Å². The Labute approximate surface area is 139 Å². The van der Waals surface area contributed by atoms with E-state index in [2.05, 4.69) is 15.6 Å². The van der Waals surface area contributed by atoms with Gasteiger partial charge in [-0.1, -0.05) is 6.07 Å². The molecule has 2 amide bonds. The maximum atomic E-state index is 13.6. The second-order valence-corrected chi connectivity index (χ2v) is 5.07. The molecule has 6 nitrogen and oxygen atoms in total. The summed E-state index contributed by atoms with van der Waals surface area (Å²) in [6.07, 6.45) is 0.0833. The molecule has 0 saturated heterocycles. The standard InChI is InChI=1S/C17H18FN3O3/c1-11-4-3-5-15(20-11)21-16(22)8-9-19-17(23)12-6-7-14(24-2)13(18)10-12/h3-7,10H,8-9H2,1-2H3,(H,19,23)(H,20,21,22). The molecule has 0 aliphatic heterocycles. The first-order valence-electron chi connectivity index (χ1n) is 7.35. The quantitative estimate of drug-likeness (QED) is 0.851. The van der Waals surface area contributed by atoms with Crippen molar-refractivity contribution in [3.63, 3.8) is 0 Å². The van der Waals surface area contributed by atoms with Crippen LogP contribution >= 0.6 is 0 Å². The van der Waals surface area contributed by atoms with Crippen molar-refractivity contribution in [1.29, 1.82) is 0 Å². The van der Waals surface area contributed by atoms with E-state index in [1.165, 1.54) is 19.2 Å². The van der Waals surface area contributed by atoms with Gasteiger partial charge in [0, 0.05) is 24.2 Å². The molecule has 24 heavy (non-hydrogen) atoms. The highest BCUT2D eigenvalue weighted by Gasteiger charge is 2.10. The number of nitrogens with one attached hydrogen (secondary N) is 2. The lowest BCUT2D eigenvalue weighted by Gasteiger charge is -2.08. The molecule has 2 N–H and O–H groups in total. The minimum atomic E-state index is -0.617. The van der Waals surface area contributed by atoms with Gasteiger partial charge in [0.2, 0.25) is 5.91 Å². The molecule has 0 aliphatic carbocycles. The van der Waals surface area contributed by atoms with Crippen molar-refractivity contribution < 1.29 is 18.7 Å². The van der Waals surface area contributed by atoms with Gasteiger partial charge in [-0.2, -0.15) is 0 Å². The molecule has 2 aromatic rings. The molecule has 0 unspecified atom stereocenters. The number of ether oxygens (including phenoxy) is 1. The van der Waals surface area contributed by atoms with E-state index in [0.717, 1.165) is 11.8 Å². The van der Waals surface area contributed by atoms with E-state index in [0.29, 0.717) is 5.82 Å². The van der Waals surface area contributed by atoms with Crippen LogP contribution in [0.1, 0.15) is 22.5 Å². The molecule has 1 aromatic heterocycles. The number of nitrogens with zero attached hydrogens (tertiary/aromatic N) is 1. The Morgan fingerprint density at radius 1 is 1.25 bits per heavy atom. The van der Waals surface area contributed by atoms with Crippen LogP contribution in [0.3, 0.4) is 0 Å². The van der Waals surface area contributed by atoms with E-state index in [-0.39, 0.29) is 30.2 Å². The third kappa shape index (κ3) is 4.77. The zero-order chi connectivity index (χ0) is 17.5. The van der Waals surface area contributed by atoms with E-state index in [1.54, 1.807) is 12.1 Å². The van der Waals surface area contributed by atoms with Crippen molar-refractivity contribution in [1.82, 2.24) is 10.3 Å². The number of amides is 2. The van der Waals surface area contributed by atoms with Gasteiger partial charge in [0.05, 0.1) is 7.11 Å². The van der Waals surface area contributed by atoms with Crippen LogP contribution in [-0.2, 0) is 4.79 Å². The number of aryl methyl sites for hydroxylation is 1. The second kappa shape index (κ2) is 8.05. The first-order chi connectivity index (χ1) is 11.5. The number of rotatable bonds is 6. The van der Waals surface area contributed by atoms with Crippen molar-refractivity contribution >= 4 is 17.6 Å². The fourth-order valence-electron chi connectivity index (χ4n) is 2.02. The highest BCUT2D eigenvalue weighted by molar-refractivity contribution is 5.95. The first kappa shape index (κ1) is 17.4. The maximum Gasteiger partial charge on any atom is 0.251 e. The largest absolute Gasteiger partial charge is 0.494 e. The third-order valence-electron chi connectivity index (χ3n) is 3.21. The van der Waals surface area contributed by atoms with Gasteiger partial charge in [-0.3, -0.25) is 9.59 Å². The number of aromatic nitrogens is 1. The number of hydrogen-bond acceptors (Lipinski definition) is 4. The summed E-state index contributed by atoms with van der Waals surface area (Å²) in [5.74, 6) is -0.819. The van der Waals surface area contributed by atoms with Crippen LogP contribution in [-0.4, -0.2) is 30.5 Å². The second-order valence-electron chi connectivity index (χ2n) is 5.07. The molecule has 7 heteroatoms. The van der Waals surface area contributed by atoms with Crippen LogP contribution < -0.4 is 15.4 Å². The Bertz CT molecular complexity index is 750. The lowest BCUT2D eigenvalue weighted by atomic mass is 10.2.